The van der Waals surface area contributed by atoms with Gasteiger partial charge in [-0.2, -0.15) is 13.5 Å². The summed E-state index contributed by atoms with van der Waals surface area (Å²) >= 11 is 0. The van der Waals surface area contributed by atoms with E-state index < -0.39 is 39.6 Å². The van der Waals surface area contributed by atoms with Crippen LogP contribution in [-0.4, -0.2) is 54.3 Å². The quantitative estimate of drug-likeness (QED) is 0.216. The number of carbonyl (C=O) groups is 3. The van der Waals surface area contributed by atoms with Gasteiger partial charge in [0.1, 0.15) is 0 Å². The van der Waals surface area contributed by atoms with Crippen molar-refractivity contribution in [2.24, 2.45) is 0 Å². The number of nitrogens with zero attached hydrogens (tertiary/aromatic N) is 1. The number of carbonyl (C=O) groups excluding carboxylic acids is 3. The summed E-state index contributed by atoms with van der Waals surface area (Å²) in [4.78, 5) is 40.1. The molecule has 1 atom stereocenters. The molecule has 0 aromatic heterocycles. The molecular weight excluding hydrogens is 414 g/mol. The lowest BCUT2D eigenvalue weighted by Crippen LogP contribution is -2.37. The largest absolute Gasteiger partial charge is 0.465 e. The van der Waals surface area contributed by atoms with Gasteiger partial charge in [0, 0.05) is 6.42 Å². The van der Waals surface area contributed by atoms with Crippen LogP contribution in [0.4, 0.5) is 0 Å². The molecule has 1 heterocycles. The second-order valence-corrected chi connectivity index (χ2v) is 9.22. The minimum atomic E-state index is -4.85. The van der Waals surface area contributed by atoms with Crippen molar-refractivity contribution < 1.29 is 36.9 Å². The molecule has 1 aliphatic heterocycles. The Morgan fingerprint density at radius 3 is 2.10 bits per heavy atom. The number of rotatable bonds is 16. The molecule has 9 nitrogen and oxygen atoms in total. The predicted octanol–water partition coefficient (Wildman–Crippen LogP) is 3.18. The topological polar surface area (TPSA) is 127 Å². The molecule has 0 spiro atoms. The number of hydrogen-bond donors (Lipinski definition) is 1. The molecule has 0 bridgehead atoms. The molecule has 0 radical (unpaired) electrons. The maximum Gasteiger partial charge on any atom is 0.334 e. The third kappa shape index (κ3) is 10.9. The van der Waals surface area contributed by atoms with Crippen LogP contribution in [0.1, 0.15) is 90.4 Å². The molecule has 1 unspecified atom stereocenters. The Hall–Kier alpha value is -1.68. The Bertz CT molecular complexity index is 649. The zero-order valence-corrected chi connectivity index (χ0v) is 18.7. The standard InChI is InChI=1S/C20H35NO8S/c1-2-3-4-5-6-7-8-9-10-11-15-28-20(24)17(30(25,26)27)16-19(23)29-21-14-12-13-18(21)22/h17H,2-16H2,1H3,(H,25,26,27). The maximum absolute atomic E-state index is 12.0. The van der Waals surface area contributed by atoms with E-state index in [1.807, 2.05) is 0 Å². The number of hydroxylamine groups is 2. The van der Waals surface area contributed by atoms with Crippen molar-refractivity contribution in [1.82, 2.24) is 5.06 Å². The van der Waals surface area contributed by atoms with Crippen LogP contribution < -0.4 is 0 Å². The molecule has 30 heavy (non-hydrogen) atoms. The van der Waals surface area contributed by atoms with Gasteiger partial charge in [-0.05, 0) is 12.8 Å². The lowest BCUT2D eigenvalue weighted by molar-refractivity contribution is -0.193. The van der Waals surface area contributed by atoms with Gasteiger partial charge in [0.25, 0.3) is 16.0 Å². The molecule has 1 N–H and O–H groups in total. The van der Waals surface area contributed by atoms with E-state index in [0.29, 0.717) is 12.8 Å². The smallest absolute Gasteiger partial charge is 0.334 e. The summed E-state index contributed by atoms with van der Waals surface area (Å²) < 4.78 is 37.2. The molecule has 1 rings (SSSR count). The van der Waals surface area contributed by atoms with Gasteiger partial charge in [-0.25, -0.2) is 4.79 Å². The van der Waals surface area contributed by atoms with Gasteiger partial charge in [-0.15, -0.1) is 0 Å². The van der Waals surface area contributed by atoms with Crippen molar-refractivity contribution in [3.8, 4) is 0 Å². The number of unbranched alkanes of at least 4 members (excludes halogenated alkanes) is 9. The minimum Gasteiger partial charge on any atom is -0.465 e. The number of ether oxygens (including phenoxy) is 1. The Morgan fingerprint density at radius 1 is 1.03 bits per heavy atom. The van der Waals surface area contributed by atoms with Crippen molar-refractivity contribution in [2.45, 2.75) is 95.6 Å². The van der Waals surface area contributed by atoms with Gasteiger partial charge in [0.15, 0.2) is 5.25 Å². The second-order valence-electron chi connectivity index (χ2n) is 7.62. The molecule has 0 aromatic carbocycles. The van der Waals surface area contributed by atoms with E-state index in [0.717, 1.165) is 24.3 Å². The highest BCUT2D eigenvalue weighted by Gasteiger charge is 2.37. The molecule has 10 heteroatoms. The third-order valence-corrected chi connectivity index (χ3v) is 6.04. The third-order valence-electron chi connectivity index (χ3n) is 4.96. The van der Waals surface area contributed by atoms with Crippen LogP contribution in [0.5, 0.6) is 0 Å². The Labute approximate surface area is 179 Å². The molecule has 1 aliphatic rings. The number of amides is 1. The van der Waals surface area contributed by atoms with Gasteiger partial charge in [-0.1, -0.05) is 64.7 Å². The molecule has 0 aliphatic carbocycles. The van der Waals surface area contributed by atoms with Crippen molar-refractivity contribution in [3.05, 3.63) is 0 Å². The summed E-state index contributed by atoms with van der Waals surface area (Å²) in [6.45, 7) is 2.42. The van der Waals surface area contributed by atoms with Crippen LogP contribution >= 0.6 is 0 Å². The van der Waals surface area contributed by atoms with Gasteiger partial charge >= 0.3 is 11.9 Å². The summed E-state index contributed by atoms with van der Waals surface area (Å²) in [5.41, 5.74) is 0. The molecular formula is C20H35NO8S. The monoisotopic (exact) mass is 449 g/mol. The lowest BCUT2D eigenvalue weighted by atomic mass is 10.1. The number of esters is 1. The first kappa shape index (κ1) is 26.4. The summed E-state index contributed by atoms with van der Waals surface area (Å²) in [5, 5.41) is -1.23. The summed E-state index contributed by atoms with van der Waals surface area (Å²) in [6, 6.07) is 0. The van der Waals surface area contributed by atoms with Crippen molar-refractivity contribution >= 4 is 28.0 Å². The molecule has 1 saturated heterocycles. The van der Waals surface area contributed by atoms with Crippen molar-refractivity contribution in [1.29, 1.82) is 0 Å². The lowest BCUT2D eigenvalue weighted by Gasteiger charge is -2.17. The summed E-state index contributed by atoms with van der Waals surface area (Å²) in [7, 11) is -4.85. The summed E-state index contributed by atoms with van der Waals surface area (Å²) in [5.74, 6) is -2.68. The van der Waals surface area contributed by atoms with E-state index in [1.165, 1.54) is 38.5 Å². The molecule has 174 valence electrons. The van der Waals surface area contributed by atoms with Crippen molar-refractivity contribution in [2.75, 3.05) is 13.2 Å². The zero-order chi connectivity index (χ0) is 22.4. The van der Waals surface area contributed by atoms with Gasteiger partial charge in [0.2, 0.25) is 0 Å². The Morgan fingerprint density at radius 2 is 1.60 bits per heavy atom. The van der Waals surface area contributed by atoms with Crippen LogP contribution in [0.2, 0.25) is 0 Å². The second kappa shape index (κ2) is 14.3. The van der Waals surface area contributed by atoms with Crippen LogP contribution in [0.25, 0.3) is 0 Å². The van der Waals surface area contributed by atoms with E-state index in [-0.39, 0.29) is 19.6 Å². The van der Waals surface area contributed by atoms with Crippen LogP contribution in [-0.2, 0) is 34.1 Å². The fourth-order valence-electron chi connectivity index (χ4n) is 3.20. The minimum absolute atomic E-state index is 0.0149. The van der Waals surface area contributed by atoms with Gasteiger partial charge in [-0.3, -0.25) is 14.1 Å². The maximum atomic E-state index is 12.0. The predicted molar refractivity (Wildman–Crippen MR) is 110 cm³/mol. The van der Waals surface area contributed by atoms with E-state index in [2.05, 4.69) is 6.92 Å². The Balaban J connectivity index is 2.25. The first-order valence-corrected chi connectivity index (χ1v) is 12.4. The first-order valence-electron chi connectivity index (χ1n) is 10.9. The Kier molecular flexibility index (Phi) is 12.6. The molecule has 0 aromatic rings. The highest BCUT2D eigenvalue weighted by molar-refractivity contribution is 7.87. The molecule has 0 saturated carbocycles. The summed E-state index contributed by atoms with van der Waals surface area (Å²) in [6.07, 6.45) is 10.8. The van der Waals surface area contributed by atoms with Crippen LogP contribution in [0.3, 0.4) is 0 Å². The van der Waals surface area contributed by atoms with E-state index in [1.54, 1.807) is 0 Å². The van der Waals surface area contributed by atoms with E-state index in [9.17, 15) is 27.4 Å². The van der Waals surface area contributed by atoms with Gasteiger partial charge < -0.3 is 9.57 Å². The van der Waals surface area contributed by atoms with Crippen LogP contribution in [0.15, 0.2) is 0 Å². The van der Waals surface area contributed by atoms with E-state index in [4.69, 9.17) is 9.57 Å². The SMILES string of the molecule is CCCCCCCCCCCCOC(=O)C(CC(=O)ON1CCCC1=O)S(=O)(=O)O. The number of hydrogen-bond acceptors (Lipinski definition) is 7. The van der Waals surface area contributed by atoms with Crippen molar-refractivity contribution in [3.63, 3.8) is 0 Å². The average molecular weight is 450 g/mol. The fourth-order valence-corrected chi connectivity index (χ4v) is 3.85. The van der Waals surface area contributed by atoms with Gasteiger partial charge in [0.05, 0.1) is 19.6 Å². The van der Waals surface area contributed by atoms with E-state index >= 15 is 0 Å². The fraction of sp³-hybridized carbons (Fsp3) is 0.850. The normalized spacial score (nSPS) is 15.3. The zero-order valence-electron chi connectivity index (χ0n) is 17.8. The molecule has 1 amide bonds. The molecule has 1 fully saturated rings. The first-order chi connectivity index (χ1) is 14.3. The average Bonchev–Trinajstić information content (AvgIpc) is 3.07. The van der Waals surface area contributed by atoms with Crippen LogP contribution in [0, 0.1) is 0 Å². The highest BCUT2D eigenvalue weighted by Crippen LogP contribution is 2.15. The highest BCUT2D eigenvalue weighted by atomic mass is 32.2.